The lowest BCUT2D eigenvalue weighted by atomic mass is 9.94. The summed E-state index contributed by atoms with van der Waals surface area (Å²) in [4.78, 5) is 22.7. The van der Waals surface area contributed by atoms with E-state index in [1.807, 2.05) is 13.8 Å². The molecule has 0 aliphatic carbocycles. The molecule has 0 bridgehead atoms. The molecule has 1 atom stereocenters. The van der Waals surface area contributed by atoms with Crippen LogP contribution >= 0.6 is 0 Å². The number of aromatic hydroxyl groups is 1. The van der Waals surface area contributed by atoms with Crippen LogP contribution in [-0.2, 0) is 4.79 Å². The second-order valence-corrected chi connectivity index (χ2v) is 5.46. The van der Waals surface area contributed by atoms with Gasteiger partial charge in [0.05, 0.1) is 5.56 Å². The Morgan fingerprint density at radius 1 is 1.33 bits per heavy atom. The Morgan fingerprint density at radius 3 is 2.52 bits per heavy atom. The fourth-order valence-corrected chi connectivity index (χ4v) is 2.18. The first kappa shape index (κ1) is 16.9. The average Bonchev–Trinajstić information content (AvgIpc) is 2.34. The van der Waals surface area contributed by atoms with Gasteiger partial charge in [0.15, 0.2) is 0 Å². The lowest BCUT2D eigenvalue weighted by Crippen LogP contribution is -2.31. The predicted octanol–water partition coefficient (Wildman–Crippen LogP) is 2.40. The van der Waals surface area contributed by atoms with Gasteiger partial charge in [-0.3, -0.25) is 9.59 Å². The molecule has 1 aromatic rings. The molecule has 21 heavy (non-hydrogen) atoms. The summed E-state index contributed by atoms with van der Waals surface area (Å²) in [5, 5.41) is 21.0. The number of rotatable bonds is 7. The molecule has 0 spiro atoms. The fourth-order valence-electron chi connectivity index (χ4n) is 2.18. The Hall–Kier alpha value is -2.11. The SMILES string of the molecule is CC(C)CC(CNC(=O)c1ccc(F)cc1O)CC(=O)O. The molecule has 0 aliphatic rings. The molecular formula is C15H20FNO4. The Morgan fingerprint density at radius 2 is 2.00 bits per heavy atom. The normalized spacial score (nSPS) is 12.2. The van der Waals surface area contributed by atoms with E-state index in [1.54, 1.807) is 0 Å². The predicted molar refractivity (Wildman–Crippen MR) is 75.6 cm³/mol. The van der Waals surface area contributed by atoms with Gasteiger partial charge in [-0.2, -0.15) is 0 Å². The smallest absolute Gasteiger partial charge is 0.303 e. The van der Waals surface area contributed by atoms with E-state index in [4.69, 9.17) is 5.11 Å². The van der Waals surface area contributed by atoms with Gasteiger partial charge in [0.2, 0.25) is 0 Å². The molecule has 1 rings (SSSR count). The maximum atomic E-state index is 12.9. The largest absolute Gasteiger partial charge is 0.507 e. The minimum absolute atomic E-state index is 0.0324. The van der Waals surface area contributed by atoms with Crippen LogP contribution in [-0.4, -0.2) is 28.6 Å². The number of phenols is 1. The van der Waals surface area contributed by atoms with E-state index in [0.717, 1.165) is 12.1 Å². The highest BCUT2D eigenvalue weighted by molar-refractivity contribution is 5.96. The Kier molecular flexibility index (Phi) is 6.14. The summed E-state index contributed by atoms with van der Waals surface area (Å²) in [5.41, 5.74) is -0.0324. The Bertz CT molecular complexity index is 516. The standard InChI is InChI=1S/C15H20FNO4/c1-9(2)5-10(6-14(19)20)8-17-15(21)12-4-3-11(16)7-13(12)18/h3-4,7,9-10,18H,5-6,8H2,1-2H3,(H,17,21)(H,19,20). The van der Waals surface area contributed by atoms with Gasteiger partial charge >= 0.3 is 5.97 Å². The van der Waals surface area contributed by atoms with E-state index in [-0.39, 0.29) is 24.4 Å². The Labute approximate surface area is 122 Å². The molecule has 116 valence electrons. The summed E-state index contributed by atoms with van der Waals surface area (Å²) in [5.74, 6) is -2.41. The van der Waals surface area contributed by atoms with Crippen molar-refractivity contribution in [1.29, 1.82) is 0 Å². The molecule has 0 saturated heterocycles. The highest BCUT2D eigenvalue weighted by Crippen LogP contribution is 2.19. The first-order chi connectivity index (χ1) is 9.79. The highest BCUT2D eigenvalue weighted by atomic mass is 19.1. The summed E-state index contributed by atoms with van der Waals surface area (Å²) < 4.78 is 12.9. The quantitative estimate of drug-likeness (QED) is 0.721. The maximum absolute atomic E-state index is 12.9. The molecule has 5 nitrogen and oxygen atoms in total. The first-order valence-corrected chi connectivity index (χ1v) is 6.78. The van der Waals surface area contributed by atoms with E-state index in [9.17, 15) is 19.1 Å². The zero-order valence-corrected chi connectivity index (χ0v) is 12.1. The first-order valence-electron chi connectivity index (χ1n) is 6.78. The number of halogens is 1. The van der Waals surface area contributed by atoms with Crippen molar-refractivity contribution >= 4 is 11.9 Å². The summed E-state index contributed by atoms with van der Waals surface area (Å²) in [7, 11) is 0. The van der Waals surface area contributed by atoms with Gasteiger partial charge in [-0.05, 0) is 30.4 Å². The highest BCUT2D eigenvalue weighted by Gasteiger charge is 2.18. The third-order valence-electron chi connectivity index (χ3n) is 3.02. The monoisotopic (exact) mass is 297 g/mol. The lowest BCUT2D eigenvalue weighted by molar-refractivity contribution is -0.138. The zero-order valence-electron chi connectivity index (χ0n) is 12.1. The van der Waals surface area contributed by atoms with Crippen LogP contribution in [0.1, 0.15) is 37.0 Å². The van der Waals surface area contributed by atoms with E-state index in [0.29, 0.717) is 12.3 Å². The van der Waals surface area contributed by atoms with Gasteiger partial charge in [0.1, 0.15) is 11.6 Å². The molecule has 0 heterocycles. The summed E-state index contributed by atoms with van der Waals surface area (Å²) >= 11 is 0. The van der Waals surface area contributed by atoms with Crippen molar-refractivity contribution in [2.45, 2.75) is 26.7 Å². The number of carboxylic acids is 1. The number of aliphatic carboxylic acids is 1. The maximum Gasteiger partial charge on any atom is 0.303 e. The number of phenolic OH excluding ortho intramolecular Hbond substituents is 1. The van der Waals surface area contributed by atoms with Gasteiger partial charge in [0, 0.05) is 19.0 Å². The number of nitrogens with one attached hydrogen (secondary N) is 1. The van der Waals surface area contributed by atoms with Crippen molar-refractivity contribution < 1.29 is 24.2 Å². The van der Waals surface area contributed by atoms with Gasteiger partial charge in [-0.15, -0.1) is 0 Å². The van der Waals surface area contributed by atoms with Crippen LogP contribution in [0.4, 0.5) is 4.39 Å². The summed E-state index contributed by atoms with van der Waals surface area (Å²) in [6.45, 7) is 4.14. The second kappa shape index (κ2) is 7.61. The van der Waals surface area contributed by atoms with Crippen molar-refractivity contribution in [3.05, 3.63) is 29.6 Å². The second-order valence-electron chi connectivity index (χ2n) is 5.46. The summed E-state index contributed by atoms with van der Waals surface area (Å²) in [6, 6.07) is 3.13. The Balaban J connectivity index is 2.65. The van der Waals surface area contributed by atoms with Crippen LogP contribution in [0.5, 0.6) is 5.75 Å². The minimum Gasteiger partial charge on any atom is -0.507 e. The van der Waals surface area contributed by atoms with Crippen molar-refractivity contribution in [3.8, 4) is 5.75 Å². The van der Waals surface area contributed by atoms with Crippen molar-refractivity contribution in [2.24, 2.45) is 11.8 Å². The molecule has 0 saturated carbocycles. The van der Waals surface area contributed by atoms with Crippen LogP contribution in [0.2, 0.25) is 0 Å². The van der Waals surface area contributed by atoms with E-state index in [1.165, 1.54) is 6.07 Å². The van der Waals surface area contributed by atoms with Crippen LogP contribution in [0, 0.1) is 17.7 Å². The molecule has 0 aliphatic heterocycles. The lowest BCUT2D eigenvalue weighted by Gasteiger charge is -2.18. The fraction of sp³-hybridized carbons (Fsp3) is 0.467. The minimum atomic E-state index is -0.917. The third-order valence-corrected chi connectivity index (χ3v) is 3.02. The van der Waals surface area contributed by atoms with Gasteiger partial charge in [-0.25, -0.2) is 4.39 Å². The van der Waals surface area contributed by atoms with Crippen LogP contribution in [0.25, 0.3) is 0 Å². The number of hydrogen-bond donors (Lipinski definition) is 3. The van der Waals surface area contributed by atoms with E-state index >= 15 is 0 Å². The van der Waals surface area contributed by atoms with E-state index < -0.39 is 23.4 Å². The summed E-state index contributed by atoms with van der Waals surface area (Å²) in [6.07, 6.45) is 0.635. The number of hydrogen-bond acceptors (Lipinski definition) is 3. The topological polar surface area (TPSA) is 86.6 Å². The third kappa shape index (κ3) is 5.81. The molecular weight excluding hydrogens is 277 g/mol. The number of amides is 1. The number of carbonyl (C=O) groups excluding carboxylic acids is 1. The van der Waals surface area contributed by atoms with Crippen LogP contribution < -0.4 is 5.32 Å². The van der Waals surface area contributed by atoms with Crippen LogP contribution in [0.3, 0.4) is 0 Å². The molecule has 1 unspecified atom stereocenters. The molecule has 1 aromatic carbocycles. The van der Waals surface area contributed by atoms with E-state index in [2.05, 4.69) is 5.32 Å². The van der Waals surface area contributed by atoms with Crippen molar-refractivity contribution in [1.82, 2.24) is 5.32 Å². The van der Waals surface area contributed by atoms with Gasteiger partial charge in [-0.1, -0.05) is 13.8 Å². The van der Waals surface area contributed by atoms with Gasteiger partial charge in [0.25, 0.3) is 5.91 Å². The molecule has 1 amide bonds. The molecule has 0 aromatic heterocycles. The molecule has 0 fully saturated rings. The molecule has 0 radical (unpaired) electrons. The van der Waals surface area contributed by atoms with Gasteiger partial charge < -0.3 is 15.5 Å². The number of carbonyl (C=O) groups is 2. The number of carboxylic acid groups (broad SMARTS) is 1. The zero-order chi connectivity index (χ0) is 16.0. The number of benzene rings is 1. The van der Waals surface area contributed by atoms with Crippen LogP contribution in [0.15, 0.2) is 18.2 Å². The molecule has 3 N–H and O–H groups in total. The average molecular weight is 297 g/mol. The van der Waals surface area contributed by atoms with Crippen molar-refractivity contribution in [2.75, 3.05) is 6.54 Å². The molecule has 6 heteroatoms. The van der Waals surface area contributed by atoms with Crippen molar-refractivity contribution in [3.63, 3.8) is 0 Å².